The van der Waals surface area contributed by atoms with Crippen molar-refractivity contribution in [2.75, 3.05) is 0 Å². The van der Waals surface area contributed by atoms with Gasteiger partial charge in [-0.3, -0.25) is 4.68 Å². The first-order valence-electron chi connectivity index (χ1n) is 6.34. The van der Waals surface area contributed by atoms with Crippen molar-refractivity contribution in [3.05, 3.63) is 45.7 Å². The highest BCUT2D eigenvalue weighted by Crippen LogP contribution is 2.31. The van der Waals surface area contributed by atoms with E-state index in [0.717, 1.165) is 28.0 Å². The van der Waals surface area contributed by atoms with E-state index in [2.05, 4.69) is 21.0 Å². The molecule has 0 aliphatic carbocycles. The molecule has 1 aromatic heterocycles. The van der Waals surface area contributed by atoms with E-state index in [9.17, 15) is 13.2 Å². The van der Waals surface area contributed by atoms with E-state index in [-0.39, 0.29) is 12.4 Å². The molecule has 0 aliphatic rings. The summed E-state index contributed by atoms with van der Waals surface area (Å²) in [4.78, 5) is 0. The number of nitrogens with zero attached hydrogens (tertiary/aromatic N) is 2. The minimum absolute atomic E-state index is 0.149. The van der Waals surface area contributed by atoms with Gasteiger partial charge in [0.1, 0.15) is 12.4 Å². The number of alkyl halides is 3. The lowest BCUT2D eigenvalue weighted by molar-refractivity contribution is -0.137. The van der Waals surface area contributed by atoms with Crippen LogP contribution in [0.4, 0.5) is 13.2 Å². The minimum atomic E-state index is -4.37. The van der Waals surface area contributed by atoms with Gasteiger partial charge >= 0.3 is 6.18 Å². The zero-order chi connectivity index (χ0) is 15.6. The maximum atomic E-state index is 12.6. The van der Waals surface area contributed by atoms with Crippen LogP contribution in [0.3, 0.4) is 0 Å². The lowest BCUT2D eigenvalue weighted by atomic mass is 10.2. The lowest BCUT2D eigenvalue weighted by Gasteiger charge is -2.11. The molecule has 0 amide bonds. The molecule has 2 rings (SSSR count). The summed E-state index contributed by atoms with van der Waals surface area (Å²) in [7, 11) is 0. The van der Waals surface area contributed by atoms with Gasteiger partial charge in [0.15, 0.2) is 0 Å². The molecule has 0 fully saturated rings. The van der Waals surface area contributed by atoms with E-state index in [1.807, 2.05) is 13.8 Å². The van der Waals surface area contributed by atoms with Gasteiger partial charge in [-0.15, -0.1) is 0 Å². The number of aromatic nitrogens is 2. The third-order valence-corrected chi connectivity index (χ3v) is 4.02. The van der Waals surface area contributed by atoms with Gasteiger partial charge in [0.25, 0.3) is 0 Å². The van der Waals surface area contributed by atoms with Gasteiger partial charge in [-0.05, 0) is 48.0 Å². The fourth-order valence-electron chi connectivity index (χ4n) is 1.92. The molecular weight excluding hydrogens is 349 g/mol. The molecule has 0 saturated carbocycles. The van der Waals surface area contributed by atoms with Crippen LogP contribution in [0.25, 0.3) is 0 Å². The van der Waals surface area contributed by atoms with Crippen LogP contribution in [0.5, 0.6) is 5.75 Å². The monoisotopic (exact) mass is 362 g/mol. The molecule has 2 aromatic rings. The molecule has 0 atom stereocenters. The predicted molar refractivity (Wildman–Crippen MR) is 76.1 cm³/mol. The van der Waals surface area contributed by atoms with Gasteiger partial charge in [0.2, 0.25) is 0 Å². The molecule has 0 N–H and O–H groups in total. The summed E-state index contributed by atoms with van der Waals surface area (Å²) in [6.45, 7) is 4.60. The van der Waals surface area contributed by atoms with Crippen molar-refractivity contribution in [3.8, 4) is 5.75 Å². The van der Waals surface area contributed by atoms with Crippen molar-refractivity contribution in [2.24, 2.45) is 0 Å². The Hall–Kier alpha value is -1.50. The van der Waals surface area contributed by atoms with Gasteiger partial charge in [-0.1, -0.05) is 6.07 Å². The predicted octanol–water partition coefficient (Wildman–Crippen LogP) is 4.57. The second-order valence-corrected chi connectivity index (χ2v) is 5.27. The number of ether oxygens (including phenoxy) is 1. The minimum Gasteiger partial charge on any atom is -0.487 e. The van der Waals surface area contributed by atoms with Crippen LogP contribution in [0.1, 0.15) is 23.9 Å². The summed E-state index contributed by atoms with van der Waals surface area (Å²) in [5, 5.41) is 4.31. The first-order valence-corrected chi connectivity index (χ1v) is 7.14. The molecule has 1 heterocycles. The summed E-state index contributed by atoms with van der Waals surface area (Å²) in [5.74, 6) is 0.179. The average molecular weight is 363 g/mol. The highest BCUT2D eigenvalue weighted by molar-refractivity contribution is 9.10. The Morgan fingerprint density at radius 1 is 1.33 bits per heavy atom. The first-order chi connectivity index (χ1) is 9.82. The van der Waals surface area contributed by atoms with Gasteiger partial charge in [-0.25, -0.2) is 0 Å². The number of aryl methyl sites for hydroxylation is 2. The highest BCUT2D eigenvalue weighted by atomic mass is 79.9. The largest absolute Gasteiger partial charge is 0.487 e. The Bertz CT molecular complexity index is 638. The Balaban J connectivity index is 2.17. The Morgan fingerprint density at radius 2 is 2.05 bits per heavy atom. The summed E-state index contributed by atoms with van der Waals surface area (Å²) in [5.41, 5.74) is 0.895. The van der Waals surface area contributed by atoms with Gasteiger partial charge in [0, 0.05) is 6.54 Å². The van der Waals surface area contributed by atoms with Crippen LogP contribution >= 0.6 is 15.9 Å². The van der Waals surface area contributed by atoms with Crippen LogP contribution in [0, 0.1) is 6.92 Å². The first kappa shape index (κ1) is 15.9. The third-order valence-electron chi connectivity index (χ3n) is 2.99. The molecule has 0 bridgehead atoms. The number of hydrogen-bond acceptors (Lipinski definition) is 2. The maximum absolute atomic E-state index is 12.6. The van der Waals surface area contributed by atoms with E-state index in [0.29, 0.717) is 6.54 Å². The van der Waals surface area contributed by atoms with E-state index in [4.69, 9.17) is 4.74 Å². The second kappa shape index (κ2) is 6.09. The summed E-state index contributed by atoms with van der Waals surface area (Å²) in [6, 6.07) is 4.84. The number of benzene rings is 1. The average Bonchev–Trinajstić information content (AvgIpc) is 2.71. The second-order valence-electron chi connectivity index (χ2n) is 4.48. The number of halogens is 4. The van der Waals surface area contributed by atoms with Gasteiger partial charge in [-0.2, -0.15) is 18.3 Å². The molecule has 0 aliphatic heterocycles. The molecule has 21 heavy (non-hydrogen) atoms. The molecule has 3 nitrogen and oxygen atoms in total. The van der Waals surface area contributed by atoms with Crippen LogP contribution in [0.15, 0.2) is 28.7 Å². The smallest absolute Gasteiger partial charge is 0.416 e. The number of rotatable bonds is 4. The Morgan fingerprint density at radius 3 is 2.67 bits per heavy atom. The van der Waals surface area contributed by atoms with Crippen molar-refractivity contribution in [1.29, 1.82) is 0 Å². The highest BCUT2D eigenvalue weighted by Gasteiger charge is 2.30. The molecule has 0 unspecified atom stereocenters. The normalized spacial score (nSPS) is 11.7. The summed E-state index contributed by atoms with van der Waals surface area (Å²) in [6.07, 6.45) is -4.37. The molecule has 7 heteroatoms. The Kier molecular flexibility index (Phi) is 4.61. The lowest BCUT2D eigenvalue weighted by Crippen LogP contribution is -2.08. The molecular formula is C14H14BrF3N2O. The van der Waals surface area contributed by atoms with Crippen molar-refractivity contribution >= 4 is 15.9 Å². The van der Waals surface area contributed by atoms with Crippen LogP contribution in [-0.4, -0.2) is 9.78 Å². The molecule has 1 aromatic carbocycles. The van der Waals surface area contributed by atoms with Gasteiger partial charge < -0.3 is 4.74 Å². The topological polar surface area (TPSA) is 27.1 Å². The van der Waals surface area contributed by atoms with Crippen molar-refractivity contribution in [2.45, 2.75) is 33.2 Å². The fraction of sp³-hybridized carbons (Fsp3) is 0.357. The van der Waals surface area contributed by atoms with Crippen LogP contribution in [0.2, 0.25) is 0 Å². The standard InChI is InChI=1S/C14H14BrF3N2O/c1-3-20-12(13(15)9(2)19-20)8-21-11-6-4-5-10(7-11)14(16,17)18/h4-7H,3,8H2,1-2H3. The zero-order valence-corrected chi connectivity index (χ0v) is 13.1. The van der Waals surface area contributed by atoms with Crippen LogP contribution < -0.4 is 4.74 Å². The molecule has 0 radical (unpaired) electrons. The quantitative estimate of drug-likeness (QED) is 0.796. The Labute approximate surface area is 128 Å². The van der Waals surface area contributed by atoms with Crippen molar-refractivity contribution < 1.29 is 17.9 Å². The van der Waals surface area contributed by atoms with E-state index in [1.165, 1.54) is 12.1 Å². The number of hydrogen-bond donors (Lipinski definition) is 0. The van der Waals surface area contributed by atoms with E-state index >= 15 is 0 Å². The molecule has 0 saturated heterocycles. The summed E-state index contributed by atoms with van der Waals surface area (Å²) >= 11 is 3.42. The van der Waals surface area contributed by atoms with E-state index in [1.54, 1.807) is 4.68 Å². The van der Waals surface area contributed by atoms with Crippen molar-refractivity contribution in [1.82, 2.24) is 9.78 Å². The van der Waals surface area contributed by atoms with Crippen molar-refractivity contribution in [3.63, 3.8) is 0 Å². The maximum Gasteiger partial charge on any atom is 0.416 e. The SMILES string of the molecule is CCn1nc(C)c(Br)c1COc1cccc(C(F)(F)F)c1. The van der Waals surface area contributed by atoms with Gasteiger partial charge in [0.05, 0.1) is 21.4 Å². The molecule has 0 spiro atoms. The molecule has 114 valence electrons. The fourth-order valence-corrected chi connectivity index (χ4v) is 2.32. The van der Waals surface area contributed by atoms with E-state index < -0.39 is 11.7 Å². The van der Waals surface area contributed by atoms with Crippen LogP contribution in [-0.2, 0) is 19.3 Å². The zero-order valence-electron chi connectivity index (χ0n) is 11.5. The third kappa shape index (κ3) is 3.58. The summed E-state index contributed by atoms with van der Waals surface area (Å²) < 4.78 is 46.0.